The number of hydrogen-bond donors (Lipinski definition) is 1. The van der Waals surface area contributed by atoms with E-state index in [-0.39, 0.29) is 22.8 Å². The minimum absolute atomic E-state index is 0.0380. The molecule has 0 radical (unpaired) electrons. The fourth-order valence-electron chi connectivity index (χ4n) is 8.99. The number of ketones is 3. The summed E-state index contributed by atoms with van der Waals surface area (Å²) in [5, 5.41) is 8.27. The number of allylic oxidation sites excluding steroid dienone is 2. The zero-order valence-corrected chi connectivity index (χ0v) is 34.3. The van der Waals surface area contributed by atoms with E-state index in [4.69, 9.17) is 5.41 Å². The topological polar surface area (TPSA) is 75.1 Å². The molecule has 0 saturated heterocycles. The second-order valence-electron chi connectivity index (χ2n) is 15.9. The van der Waals surface area contributed by atoms with E-state index in [1.54, 1.807) is 28.7 Å². The highest BCUT2D eigenvalue weighted by Gasteiger charge is 2.43. The molecular formula is C49H55NO3S2. The summed E-state index contributed by atoms with van der Waals surface area (Å²) in [4.78, 5) is 41.6. The van der Waals surface area contributed by atoms with E-state index in [0.717, 1.165) is 27.5 Å². The summed E-state index contributed by atoms with van der Waals surface area (Å²) in [6, 6.07) is 22.7. The lowest BCUT2D eigenvalue weighted by atomic mass is 9.70. The van der Waals surface area contributed by atoms with Crippen molar-refractivity contribution >= 4 is 57.9 Å². The largest absolute Gasteiger partial charge is 0.305 e. The first-order chi connectivity index (χ1) is 26.8. The van der Waals surface area contributed by atoms with Gasteiger partial charge in [-0.2, -0.15) is 0 Å². The number of benzene rings is 2. The van der Waals surface area contributed by atoms with Crippen LogP contribution in [0.1, 0.15) is 150 Å². The molecule has 0 bridgehead atoms. The molecular weight excluding hydrogens is 715 g/mol. The lowest BCUT2D eigenvalue weighted by Gasteiger charge is -2.33. The molecule has 4 nitrogen and oxygen atoms in total. The zero-order valence-electron chi connectivity index (χ0n) is 32.7. The molecule has 7 rings (SSSR count). The summed E-state index contributed by atoms with van der Waals surface area (Å²) in [5.74, 6) is 0.00610. The molecule has 2 saturated carbocycles. The normalized spacial score (nSPS) is 16.8. The molecule has 3 aliphatic carbocycles. The van der Waals surface area contributed by atoms with Gasteiger partial charge >= 0.3 is 0 Å². The molecule has 286 valence electrons. The number of Topliss-reactive ketones (excluding diaryl/α,β-unsaturated/α-hetero) is 3. The van der Waals surface area contributed by atoms with Gasteiger partial charge in [-0.05, 0) is 101 Å². The van der Waals surface area contributed by atoms with Crippen molar-refractivity contribution in [3.05, 3.63) is 92.7 Å². The summed E-state index contributed by atoms with van der Waals surface area (Å²) < 4.78 is 0. The van der Waals surface area contributed by atoms with Crippen LogP contribution in [0, 0.1) is 5.41 Å². The summed E-state index contributed by atoms with van der Waals surface area (Å²) >= 11 is 3.37. The SMILES string of the molecule is CCCCCCCCC1(CCCCCCCC)c2cc(-c3ccc(C=C4C(=N)CCC4=O)s3)ccc2-c2ccc(-c3ccc(C=C4C(=O)CCC4=O)s3)cc21. The van der Waals surface area contributed by atoms with Crippen LogP contribution in [0.15, 0.2) is 71.8 Å². The smallest absolute Gasteiger partial charge is 0.166 e. The number of carbonyl (C=O) groups excluding carboxylic acids is 3. The Hall–Kier alpha value is -4.00. The maximum Gasteiger partial charge on any atom is 0.166 e. The van der Waals surface area contributed by atoms with Crippen LogP contribution in [-0.2, 0) is 19.8 Å². The van der Waals surface area contributed by atoms with Crippen LogP contribution in [-0.4, -0.2) is 23.1 Å². The predicted molar refractivity (Wildman–Crippen MR) is 232 cm³/mol. The Morgan fingerprint density at radius 2 is 0.982 bits per heavy atom. The van der Waals surface area contributed by atoms with Crippen molar-refractivity contribution in [2.75, 3.05) is 0 Å². The van der Waals surface area contributed by atoms with Crippen LogP contribution in [0.2, 0.25) is 0 Å². The number of carbonyl (C=O) groups is 3. The Balaban J connectivity index is 1.27. The summed E-state index contributed by atoms with van der Waals surface area (Å²) in [6.07, 6.45) is 22.8. The fourth-order valence-corrected chi connectivity index (χ4v) is 10.9. The highest BCUT2D eigenvalue weighted by Crippen LogP contribution is 2.56. The van der Waals surface area contributed by atoms with E-state index in [0.29, 0.717) is 42.5 Å². The van der Waals surface area contributed by atoms with Crippen molar-refractivity contribution < 1.29 is 14.4 Å². The number of nitrogens with one attached hydrogen (secondary N) is 1. The minimum atomic E-state index is -0.0929. The van der Waals surface area contributed by atoms with Crippen LogP contribution >= 0.6 is 22.7 Å². The summed E-state index contributed by atoms with van der Waals surface area (Å²) in [6.45, 7) is 4.57. The van der Waals surface area contributed by atoms with E-state index in [1.165, 1.54) is 115 Å². The van der Waals surface area contributed by atoms with Crippen molar-refractivity contribution in [3.8, 4) is 32.0 Å². The van der Waals surface area contributed by atoms with Gasteiger partial charge in [-0.25, -0.2) is 0 Å². The van der Waals surface area contributed by atoms with Gasteiger partial charge in [-0.15, -0.1) is 22.7 Å². The maximum atomic E-state index is 12.5. The van der Waals surface area contributed by atoms with E-state index in [9.17, 15) is 14.4 Å². The third kappa shape index (κ3) is 8.56. The first-order valence-electron chi connectivity index (χ1n) is 20.9. The maximum absolute atomic E-state index is 12.5. The lowest BCUT2D eigenvalue weighted by molar-refractivity contribution is -0.116. The van der Waals surface area contributed by atoms with E-state index >= 15 is 0 Å². The van der Waals surface area contributed by atoms with Crippen molar-refractivity contribution in [2.24, 2.45) is 0 Å². The quantitative estimate of drug-likeness (QED) is 0.0622. The number of rotatable bonds is 18. The van der Waals surface area contributed by atoms with E-state index < -0.39 is 0 Å². The second kappa shape index (κ2) is 17.9. The Bertz CT molecular complexity index is 1950. The summed E-state index contributed by atoms with van der Waals surface area (Å²) in [7, 11) is 0. The molecule has 0 spiro atoms. The number of fused-ring (bicyclic) bond motifs is 3. The molecule has 2 heterocycles. The molecule has 0 atom stereocenters. The minimum Gasteiger partial charge on any atom is -0.305 e. The van der Waals surface area contributed by atoms with Crippen LogP contribution in [0.25, 0.3) is 44.2 Å². The number of hydrogen-bond acceptors (Lipinski definition) is 6. The monoisotopic (exact) mass is 769 g/mol. The lowest BCUT2D eigenvalue weighted by Crippen LogP contribution is -2.25. The number of unbranched alkanes of at least 4 members (excludes halogenated alkanes) is 10. The Labute approximate surface area is 335 Å². The molecule has 2 aromatic heterocycles. The van der Waals surface area contributed by atoms with Crippen molar-refractivity contribution in [1.82, 2.24) is 0 Å². The van der Waals surface area contributed by atoms with Gasteiger partial charge in [-0.1, -0.05) is 115 Å². The third-order valence-corrected chi connectivity index (χ3v) is 14.2. The Morgan fingerprint density at radius 3 is 1.45 bits per heavy atom. The van der Waals surface area contributed by atoms with Gasteiger partial charge in [0.25, 0.3) is 0 Å². The molecule has 0 unspecified atom stereocenters. The average molecular weight is 770 g/mol. The van der Waals surface area contributed by atoms with Crippen molar-refractivity contribution in [2.45, 2.75) is 135 Å². The second-order valence-corrected chi connectivity index (χ2v) is 18.1. The molecule has 2 fully saturated rings. The standard InChI is InChI=1S/C49H55NO3S2/c1-3-5-7-9-11-13-27-49(28-14-12-10-8-6-4-2)41-29-33(47-25-17-35(54-47)31-39-43(50)21-22-44(39)51)15-19-37(41)38-20-16-34(30-42(38)49)48-26-18-36(55-48)32-40-45(52)23-24-46(40)53/h15-20,25-26,29-32,50H,3-14,21-24,27-28H2,1-2H3. The first kappa shape index (κ1) is 39.2. The summed E-state index contributed by atoms with van der Waals surface area (Å²) in [5.41, 5.74) is 9.30. The van der Waals surface area contributed by atoms with Gasteiger partial charge in [0.15, 0.2) is 17.3 Å². The molecule has 0 amide bonds. The van der Waals surface area contributed by atoms with Crippen molar-refractivity contribution in [1.29, 1.82) is 5.41 Å². The highest BCUT2D eigenvalue weighted by atomic mass is 32.1. The molecule has 0 aliphatic heterocycles. The van der Waals surface area contributed by atoms with Gasteiger partial charge in [0.05, 0.1) is 5.57 Å². The molecule has 2 aromatic carbocycles. The molecule has 3 aliphatic rings. The molecule has 1 N–H and O–H groups in total. The van der Waals surface area contributed by atoms with Crippen LogP contribution < -0.4 is 0 Å². The Kier molecular flexibility index (Phi) is 12.7. The fraction of sp³-hybridized carbons (Fsp3) is 0.429. The first-order valence-corrected chi connectivity index (χ1v) is 22.5. The van der Waals surface area contributed by atoms with E-state index in [2.05, 4.69) is 74.5 Å². The van der Waals surface area contributed by atoms with Crippen LogP contribution in [0.3, 0.4) is 0 Å². The van der Waals surface area contributed by atoms with Gasteiger partial charge < -0.3 is 5.41 Å². The Morgan fingerprint density at radius 1 is 0.545 bits per heavy atom. The zero-order chi connectivity index (χ0) is 38.4. The van der Waals surface area contributed by atoms with Crippen LogP contribution in [0.4, 0.5) is 0 Å². The molecule has 55 heavy (non-hydrogen) atoms. The van der Waals surface area contributed by atoms with Gasteiger partial charge in [0, 0.05) is 55.5 Å². The average Bonchev–Trinajstić information content (AvgIpc) is 4.03. The number of thiophene rings is 2. The van der Waals surface area contributed by atoms with Gasteiger partial charge in [-0.3, -0.25) is 14.4 Å². The van der Waals surface area contributed by atoms with Crippen LogP contribution in [0.5, 0.6) is 0 Å². The van der Waals surface area contributed by atoms with E-state index in [1.807, 2.05) is 6.08 Å². The molecule has 4 aromatic rings. The third-order valence-electron chi connectivity index (χ3n) is 12.1. The van der Waals surface area contributed by atoms with Gasteiger partial charge in [0.1, 0.15) is 0 Å². The predicted octanol–water partition coefficient (Wildman–Crippen LogP) is 14.0. The molecule has 6 heteroatoms. The van der Waals surface area contributed by atoms with Gasteiger partial charge in [0.2, 0.25) is 0 Å². The van der Waals surface area contributed by atoms with Crippen molar-refractivity contribution in [3.63, 3.8) is 0 Å². The highest BCUT2D eigenvalue weighted by molar-refractivity contribution is 7.16.